The van der Waals surface area contributed by atoms with E-state index >= 15 is 0 Å². The monoisotopic (exact) mass is 585 g/mol. The molecule has 1 N–H and O–H groups in total. The molecule has 0 fully saturated rings. The minimum absolute atomic E-state index is 0.0416. The quantitative estimate of drug-likeness (QED) is 0.287. The molecule has 1 atom stereocenters. The molecule has 2 amide bonds. The maximum atomic E-state index is 13.5. The van der Waals surface area contributed by atoms with Crippen LogP contribution in [0.4, 0.5) is 5.69 Å². The number of ether oxygens (including phenoxy) is 1. The normalized spacial score (nSPS) is 12.1. The lowest BCUT2D eigenvalue weighted by atomic mass is 10.1. The van der Waals surface area contributed by atoms with Gasteiger partial charge in [-0.1, -0.05) is 55.6 Å². The van der Waals surface area contributed by atoms with E-state index in [9.17, 15) is 18.0 Å². The molecule has 2 rings (SSSR count). The summed E-state index contributed by atoms with van der Waals surface area (Å²) in [6.45, 7) is 4.63. The zero-order chi connectivity index (χ0) is 28.3. The Bertz CT molecular complexity index is 1190. The molecule has 0 spiro atoms. The highest BCUT2D eigenvalue weighted by molar-refractivity contribution is 7.92. The smallest absolute Gasteiger partial charge is 0.242 e. The van der Waals surface area contributed by atoms with Crippen LogP contribution in [0.15, 0.2) is 42.5 Å². The Kier molecular flexibility index (Phi) is 12.7. The summed E-state index contributed by atoms with van der Waals surface area (Å²) in [5, 5.41) is 3.79. The van der Waals surface area contributed by atoms with Gasteiger partial charge in [0.1, 0.15) is 11.8 Å². The van der Waals surface area contributed by atoms with Crippen molar-refractivity contribution in [1.29, 1.82) is 0 Å². The SMILES string of the molecule is CCCCNC(=O)C(CC)N(Cc1ccc(Cl)cc1Cl)C(=O)CCCN(c1cccc(OC)c1)S(C)(=O)=O. The number of carbonyl (C=O) groups excluding carboxylic acids is 2. The van der Waals surface area contributed by atoms with Crippen molar-refractivity contribution in [3.05, 3.63) is 58.1 Å². The average molecular weight is 587 g/mol. The van der Waals surface area contributed by atoms with E-state index < -0.39 is 16.1 Å². The fourth-order valence-electron chi connectivity index (χ4n) is 4.03. The van der Waals surface area contributed by atoms with Crippen LogP contribution < -0.4 is 14.4 Å². The molecule has 0 aliphatic carbocycles. The van der Waals surface area contributed by atoms with Crippen LogP contribution in [0.1, 0.15) is 51.5 Å². The molecule has 0 saturated carbocycles. The van der Waals surface area contributed by atoms with Crippen LogP contribution in [0.25, 0.3) is 0 Å². The molecular weight excluding hydrogens is 549 g/mol. The first-order chi connectivity index (χ1) is 18.0. The fraction of sp³-hybridized carbons (Fsp3) is 0.481. The van der Waals surface area contributed by atoms with Crippen LogP contribution in [-0.4, -0.2) is 57.6 Å². The molecule has 11 heteroatoms. The van der Waals surface area contributed by atoms with Crippen molar-refractivity contribution in [3.8, 4) is 5.75 Å². The van der Waals surface area contributed by atoms with Crippen LogP contribution in [0.5, 0.6) is 5.75 Å². The fourth-order valence-corrected chi connectivity index (χ4v) is 5.45. The van der Waals surface area contributed by atoms with E-state index in [1.54, 1.807) is 42.5 Å². The van der Waals surface area contributed by atoms with Gasteiger partial charge in [0.2, 0.25) is 21.8 Å². The lowest BCUT2D eigenvalue weighted by Gasteiger charge is -2.31. The van der Waals surface area contributed by atoms with E-state index in [1.807, 2.05) is 13.8 Å². The second-order valence-electron chi connectivity index (χ2n) is 8.97. The lowest BCUT2D eigenvalue weighted by Crippen LogP contribution is -2.49. The van der Waals surface area contributed by atoms with Crippen molar-refractivity contribution in [2.45, 2.75) is 58.5 Å². The standard InChI is InChI=1S/C27H37Cl2N3O5S/c1-5-7-15-30-27(34)25(6-2)31(19-20-13-14-21(28)17-24(20)29)26(33)12-9-16-32(38(4,35)36)22-10-8-11-23(18-22)37-3/h8,10-11,13-14,17-18,25H,5-7,9,12,15-16,19H2,1-4H3,(H,30,34). The second kappa shape index (κ2) is 15.2. The number of sulfonamides is 1. The van der Waals surface area contributed by atoms with E-state index in [0.29, 0.717) is 40.0 Å². The Morgan fingerprint density at radius 3 is 2.42 bits per heavy atom. The molecule has 0 saturated heterocycles. The predicted octanol–water partition coefficient (Wildman–Crippen LogP) is 5.27. The first kappa shape index (κ1) is 31.7. The number of rotatable bonds is 15. The Hall–Kier alpha value is -2.49. The van der Waals surface area contributed by atoms with Gasteiger partial charge < -0.3 is 15.0 Å². The summed E-state index contributed by atoms with van der Waals surface area (Å²) in [5.41, 5.74) is 1.12. The summed E-state index contributed by atoms with van der Waals surface area (Å²) in [4.78, 5) is 28.1. The Morgan fingerprint density at radius 2 is 1.82 bits per heavy atom. The van der Waals surface area contributed by atoms with Gasteiger partial charge >= 0.3 is 0 Å². The van der Waals surface area contributed by atoms with Gasteiger partial charge in [-0.2, -0.15) is 0 Å². The number of halogens is 2. The first-order valence-electron chi connectivity index (χ1n) is 12.6. The van der Waals surface area contributed by atoms with Crippen LogP contribution in [0.3, 0.4) is 0 Å². The molecule has 1 unspecified atom stereocenters. The lowest BCUT2D eigenvalue weighted by molar-refractivity contribution is -0.141. The molecule has 38 heavy (non-hydrogen) atoms. The number of carbonyl (C=O) groups is 2. The van der Waals surface area contributed by atoms with Crippen LogP contribution >= 0.6 is 23.2 Å². The summed E-state index contributed by atoms with van der Waals surface area (Å²) in [6, 6.07) is 11.1. The number of hydrogen-bond donors (Lipinski definition) is 1. The molecule has 2 aromatic rings. The summed E-state index contributed by atoms with van der Waals surface area (Å²) >= 11 is 12.4. The first-order valence-corrected chi connectivity index (χ1v) is 15.2. The number of methoxy groups -OCH3 is 1. The third-order valence-electron chi connectivity index (χ3n) is 6.06. The minimum Gasteiger partial charge on any atom is -0.497 e. The van der Waals surface area contributed by atoms with Gasteiger partial charge in [-0.05, 0) is 49.1 Å². The van der Waals surface area contributed by atoms with Gasteiger partial charge in [-0.15, -0.1) is 0 Å². The number of unbranched alkanes of at least 4 members (excludes halogenated alkanes) is 1. The number of nitrogens with zero attached hydrogens (tertiary/aromatic N) is 2. The van der Waals surface area contributed by atoms with Gasteiger partial charge in [0.15, 0.2) is 0 Å². The van der Waals surface area contributed by atoms with Gasteiger partial charge in [-0.25, -0.2) is 8.42 Å². The maximum Gasteiger partial charge on any atom is 0.242 e. The van der Waals surface area contributed by atoms with E-state index in [1.165, 1.54) is 16.3 Å². The van der Waals surface area contributed by atoms with E-state index in [2.05, 4.69) is 5.32 Å². The number of benzene rings is 2. The minimum atomic E-state index is -3.61. The van der Waals surface area contributed by atoms with E-state index in [4.69, 9.17) is 27.9 Å². The number of amides is 2. The molecule has 0 bridgehead atoms. The number of anilines is 1. The summed E-state index contributed by atoms with van der Waals surface area (Å²) < 4.78 is 31.5. The molecule has 0 aromatic heterocycles. The summed E-state index contributed by atoms with van der Waals surface area (Å²) in [5.74, 6) is 0.0271. The Morgan fingerprint density at radius 1 is 1.08 bits per heavy atom. The van der Waals surface area contributed by atoms with Crippen molar-refractivity contribution in [3.63, 3.8) is 0 Å². The Labute approximate surface area is 236 Å². The molecule has 0 aliphatic rings. The van der Waals surface area contributed by atoms with Gasteiger partial charge in [-0.3, -0.25) is 13.9 Å². The predicted molar refractivity (Wildman–Crippen MR) is 153 cm³/mol. The topological polar surface area (TPSA) is 96.0 Å². The maximum absolute atomic E-state index is 13.5. The molecule has 0 aliphatic heterocycles. The average Bonchev–Trinajstić information content (AvgIpc) is 2.87. The summed E-state index contributed by atoms with van der Waals surface area (Å²) in [6.07, 6.45) is 3.60. The molecule has 0 radical (unpaired) electrons. The van der Waals surface area contributed by atoms with Gasteiger partial charge in [0.05, 0.1) is 19.1 Å². The van der Waals surface area contributed by atoms with Crippen molar-refractivity contribution < 1.29 is 22.7 Å². The second-order valence-corrected chi connectivity index (χ2v) is 11.7. The summed E-state index contributed by atoms with van der Waals surface area (Å²) in [7, 11) is -2.10. The molecular formula is C27H37Cl2N3O5S. The number of nitrogens with one attached hydrogen (secondary N) is 1. The highest BCUT2D eigenvalue weighted by Crippen LogP contribution is 2.26. The van der Waals surface area contributed by atoms with Crippen LogP contribution in [0.2, 0.25) is 10.0 Å². The van der Waals surface area contributed by atoms with Crippen LogP contribution in [0, 0.1) is 0 Å². The Balaban J connectivity index is 2.24. The van der Waals surface area contributed by atoms with E-state index in [-0.39, 0.29) is 37.7 Å². The molecule has 2 aromatic carbocycles. The number of hydrogen-bond acceptors (Lipinski definition) is 5. The van der Waals surface area contributed by atoms with Crippen molar-refractivity contribution in [1.82, 2.24) is 10.2 Å². The molecule has 8 nitrogen and oxygen atoms in total. The molecule has 0 heterocycles. The largest absolute Gasteiger partial charge is 0.497 e. The highest BCUT2D eigenvalue weighted by atomic mass is 35.5. The van der Waals surface area contributed by atoms with Crippen molar-refractivity contribution >= 4 is 50.7 Å². The third kappa shape index (κ3) is 9.36. The van der Waals surface area contributed by atoms with Gasteiger partial charge in [0.25, 0.3) is 0 Å². The third-order valence-corrected chi connectivity index (χ3v) is 7.85. The van der Waals surface area contributed by atoms with Gasteiger partial charge in [0, 0.05) is 42.2 Å². The zero-order valence-electron chi connectivity index (χ0n) is 22.4. The van der Waals surface area contributed by atoms with Crippen molar-refractivity contribution in [2.75, 3.05) is 30.8 Å². The van der Waals surface area contributed by atoms with Crippen LogP contribution in [-0.2, 0) is 26.2 Å². The molecule has 210 valence electrons. The zero-order valence-corrected chi connectivity index (χ0v) is 24.7. The van der Waals surface area contributed by atoms with Crippen molar-refractivity contribution in [2.24, 2.45) is 0 Å². The highest BCUT2D eigenvalue weighted by Gasteiger charge is 2.29. The van der Waals surface area contributed by atoms with E-state index in [0.717, 1.165) is 19.1 Å².